The number of aliphatic hydroxyl groups excluding tert-OH is 1. The van der Waals surface area contributed by atoms with E-state index in [-0.39, 0.29) is 6.10 Å². The number of piperidine rings is 1. The molecule has 0 saturated carbocycles. The van der Waals surface area contributed by atoms with E-state index in [1.54, 1.807) is 12.1 Å². The molecule has 106 valence electrons. The summed E-state index contributed by atoms with van der Waals surface area (Å²) in [6.45, 7) is 2.39. The molecule has 0 bridgehead atoms. The van der Waals surface area contributed by atoms with Crippen LogP contribution in [0.2, 0.25) is 5.02 Å². The third kappa shape index (κ3) is 3.17. The van der Waals surface area contributed by atoms with Gasteiger partial charge in [0, 0.05) is 23.7 Å². The highest BCUT2D eigenvalue weighted by Gasteiger charge is 2.19. The smallest absolute Gasteiger partial charge is 0.257 e. The zero-order valence-electron chi connectivity index (χ0n) is 11.0. The van der Waals surface area contributed by atoms with Gasteiger partial charge in [0.25, 0.3) is 5.89 Å². The molecule has 6 heteroatoms. The van der Waals surface area contributed by atoms with Crippen LogP contribution in [0.25, 0.3) is 11.5 Å². The van der Waals surface area contributed by atoms with Crippen LogP contribution in [0, 0.1) is 0 Å². The van der Waals surface area contributed by atoms with Gasteiger partial charge in [0.15, 0.2) is 5.82 Å². The number of aromatic nitrogens is 2. The molecule has 0 amide bonds. The lowest BCUT2D eigenvalue weighted by atomic mass is 10.1. The van der Waals surface area contributed by atoms with E-state index < -0.39 is 0 Å². The van der Waals surface area contributed by atoms with Crippen molar-refractivity contribution in [3.8, 4) is 11.5 Å². The van der Waals surface area contributed by atoms with E-state index in [0.717, 1.165) is 31.5 Å². The van der Waals surface area contributed by atoms with Gasteiger partial charge in [0.1, 0.15) is 0 Å². The van der Waals surface area contributed by atoms with Gasteiger partial charge in [-0.05, 0) is 37.1 Å². The van der Waals surface area contributed by atoms with Gasteiger partial charge < -0.3 is 9.63 Å². The quantitative estimate of drug-likeness (QED) is 0.941. The number of aliphatic hydroxyl groups is 1. The third-order valence-corrected chi connectivity index (χ3v) is 3.73. The van der Waals surface area contributed by atoms with Crippen molar-refractivity contribution in [1.29, 1.82) is 0 Å². The first-order valence-corrected chi connectivity index (χ1v) is 7.07. The minimum atomic E-state index is -0.166. The van der Waals surface area contributed by atoms with Gasteiger partial charge in [-0.3, -0.25) is 4.90 Å². The molecule has 1 fully saturated rings. The van der Waals surface area contributed by atoms with Crippen molar-refractivity contribution in [3.63, 3.8) is 0 Å². The third-order valence-electron chi connectivity index (χ3n) is 3.48. The lowest BCUT2D eigenvalue weighted by molar-refractivity contribution is 0.0777. The van der Waals surface area contributed by atoms with E-state index in [1.165, 1.54) is 0 Å². The summed E-state index contributed by atoms with van der Waals surface area (Å²) in [5.41, 5.74) is 0.863. The number of hydrogen-bond acceptors (Lipinski definition) is 5. The van der Waals surface area contributed by atoms with Crippen LogP contribution >= 0.6 is 11.6 Å². The molecular weight excluding hydrogens is 278 g/mol. The second-order valence-electron chi connectivity index (χ2n) is 5.03. The molecule has 0 aliphatic carbocycles. The fourth-order valence-electron chi connectivity index (χ4n) is 2.31. The van der Waals surface area contributed by atoms with Gasteiger partial charge in [-0.1, -0.05) is 16.8 Å². The Balaban J connectivity index is 1.66. The summed E-state index contributed by atoms with van der Waals surface area (Å²) in [7, 11) is 0. The number of nitrogens with zero attached hydrogens (tertiary/aromatic N) is 3. The average Bonchev–Trinajstić information content (AvgIpc) is 2.91. The Morgan fingerprint density at radius 1 is 1.25 bits per heavy atom. The number of hydrogen-bond donors (Lipinski definition) is 1. The van der Waals surface area contributed by atoms with Gasteiger partial charge >= 0.3 is 0 Å². The summed E-state index contributed by atoms with van der Waals surface area (Å²) in [5.74, 6) is 1.18. The summed E-state index contributed by atoms with van der Waals surface area (Å²) in [4.78, 5) is 6.62. The van der Waals surface area contributed by atoms with Crippen LogP contribution in [0.5, 0.6) is 0 Å². The lowest BCUT2D eigenvalue weighted by Gasteiger charge is -2.28. The molecule has 1 aromatic heterocycles. The monoisotopic (exact) mass is 293 g/mol. The molecule has 5 nitrogen and oxygen atoms in total. The predicted molar refractivity (Wildman–Crippen MR) is 75.3 cm³/mol. The topological polar surface area (TPSA) is 62.4 Å². The fraction of sp³-hybridized carbons (Fsp3) is 0.429. The van der Waals surface area contributed by atoms with Crippen molar-refractivity contribution in [2.75, 3.05) is 13.1 Å². The van der Waals surface area contributed by atoms with Crippen molar-refractivity contribution in [1.82, 2.24) is 15.0 Å². The molecule has 1 aromatic carbocycles. The highest BCUT2D eigenvalue weighted by atomic mass is 35.5. The molecule has 0 spiro atoms. The molecule has 2 aromatic rings. The van der Waals surface area contributed by atoms with Crippen LogP contribution in [0.1, 0.15) is 18.7 Å². The zero-order chi connectivity index (χ0) is 13.9. The number of likely N-dealkylation sites (tertiary alicyclic amines) is 1. The molecule has 3 rings (SSSR count). The van der Waals surface area contributed by atoms with Crippen LogP contribution < -0.4 is 0 Å². The van der Waals surface area contributed by atoms with Crippen molar-refractivity contribution >= 4 is 11.6 Å². The Morgan fingerprint density at radius 3 is 2.65 bits per heavy atom. The maximum absolute atomic E-state index is 9.48. The van der Waals surface area contributed by atoms with Crippen LogP contribution in [-0.4, -0.2) is 39.3 Å². The fourth-order valence-corrected chi connectivity index (χ4v) is 2.43. The first-order chi connectivity index (χ1) is 9.70. The number of benzene rings is 1. The van der Waals surface area contributed by atoms with E-state index in [4.69, 9.17) is 16.1 Å². The number of halogens is 1. The maximum Gasteiger partial charge on any atom is 0.257 e. The highest BCUT2D eigenvalue weighted by molar-refractivity contribution is 6.30. The van der Waals surface area contributed by atoms with Gasteiger partial charge in [-0.15, -0.1) is 0 Å². The summed E-state index contributed by atoms with van der Waals surface area (Å²) >= 11 is 5.85. The Labute approximate surface area is 122 Å². The molecule has 1 aliphatic heterocycles. The molecule has 20 heavy (non-hydrogen) atoms. The van der Waals surface area contributed by atoms with E-state index in [2.05, 4.69) is 15.0 Å². The molecule has 0 unspecified atom stereocenters. The van der Waals surface area contributed by atoms with Gasteiger partial charge in [0.2, 0.25) is 0 Å². The van der Waals surface area contributed by atoms with Crippen molar-refractivity contribution < 1.29 is 9.63 Å². The molecule has 0 atom stereocenters. The molecule has 1 saturated heterocycles. The average molecular weight is 294 g/mol. The Hall–Kier alpha value is -1.43. The second-order valence-corrected chi connectivity index (χ2v) is 5.47. The molecule has 1 aliphatic rings. The summed E-state index contributed by atoms with van der Waals surface area (Å²) < 4.78 is 5.27. The second kappa shape index (κ2) is 5.91. The van der Waals surface area contributed by atoms with E-state index in [0.29, 0.717) is 23.3 Å². The van der Waals surface area contributed by atoms with Gasteiger partial charge in [-0.2, -0.15) is 4.98 Å². The highest BCUT2D eigenvalue weighted by Crippen LogP contribution is 2.20. The van der Waals surface area contributed by atoms with Crippen LogP contribution in [0.15, 0.2) is 28.8 Å². The van der Waals surface area contributed by atoms with E-state index >= 15 is 0 Å². The first-order valence-electron chi connectivity index (χ1n) is 6.69. The van der Waals surface area contributed by atoms with E-state index in [9.17, 15) is 5.11 Å². The standard InChI is InChI=1S/C14H16ClN3O2/c15-11-3-1-10(2-4-11)14-16-13(17-20-14)9-18-7-5-12(19)6-8-18/h1-4,12,19H,5-9H2. The van der Waals surface area contributed by atoms with Gasteiger partial charge in [-0.25, -0.2) is 0 Å². The van der Waals surface area contributed by atoms with Crippen molar-refractivity contribution in [3.05, 3.63) is 35.1 Å². The first kappa shape index (κ1) is 13.5. The minimum absolute atomic E-state index is 0.166. The Kier molecular flexibility index (Phi) is 4.00. The summed E-state index contributed by atoms with van der Waals surface area (Å²) in [6.07, 6.45) is 1.45. The molecule has 0 radical (unpaired) electrons. The Bertz CT molecular complexity index is 562. The van der Waals surface area contributed by atoms with Crippen LogP contribution in [0.3, 0.4) is 0 Å². The van der Waals surface area contributed by atoms with Gasteiger partial charge in [0.05, 0.1) is 12.6 Å². The summed E-state index contributed by atoms with van der Waals surface area (Å²) in [6, 6.07) is 7.31. The lowest BCUT2D eigenvalue weighted by Crippen LogP contribution is -2.35. The predicted octanol–water partition coefficient (Wildman–Crippen LogP) is 2.35. The number of rotatable bonds is 3. The summed E-state index contributed by atoms with van der Waals surface area (Å²) in [5, 5.41) is 14.2. The molecule has 2 heterocycles. The minimum Gasteiger partial charge on any atom is -0.393 e. The van der Waals surface area contributed by atoms with Crippen LogP contribution in [0.4, 0.5) is 0 Å². The maximum atomic E-state index is 9.48. The van der Waals surface area contributed by atoms with Crippen molar-refractivity contribution in [2.45, 2.75) is 25.5 Å². The molecular formula is C14H16ClN3O2. The van der Waals surface area contributed by atoms with Crippen molar-refractivity contribution in [2.24, 2.45) is 0 Å². The molecule has 1 N–H and O–H groups in total. The van der Waals surface area contributed by atoms with E-state index in [1.807, 2.05) is 12.1 Å². The SMILES string of the molecule is OC1CCN(Cc2noc(-c3ccc(Cl)cc3)n2)CC1. The normalized spacial score (nSPS) is 17.5. The van der Waals surface area contributed by atoms with Crippen LogP contribution in [-0.2, 0) is 6.54 Å². The largest absolute Gasteiger partial charge is 0.393 e. The Morgan fingerprint density at radius 2 is 1.95 bits per heavy atom. The zero-order valence-corrected chi connectivity index (χ0v) is 11.8.